The Balaban J connectivity index is 1.65. The molecule has 5 heteroatoms. The van der Waals surface area contributed by atoms with Crippen LogP contribution in [0.25, 0.3) is 6.08 Å². The van der Waals surface area contributed by atoms with E-state index in [9.17, 15) is 14.9 Å². The van der Waals surface area contributed by atoms with Crippen LogP contribution in [0, 0.1) is 37.0 Å². The number of anilines is 1. The molecule has 2 aromatic rings. The summed E-state index contributed by atoms with van der Waals surface area (Å²) >= 11 is 0. The molecule has 138 valence electrons. The number of hydrogen-bond acceptors (Lipinski definition) is 4. The first kappa shape index (κ1) is 16.8. The van der Waals surface area contributed by atoms with Gasteiger partial charge in [0.15, 0.2) is 0 Å². The first-order chi connectivity index (χ1) is 13.5. The summed E-state index contributed by atoms with van der Waals surface area (Å²) in [6, 6.07) is 15.0. The molecule has 0 aliphatic carbocycles. The van der Waals surface area contributed by atoms with Crippen molar-refractivity contribution in [3.63, 3.8) is 0 Å². The van der Waals surface area contributed by atoms with Crippen molar-refractivity contribution in [1.82, 2.24) is 4.90 Å². The predicted octanol–water partition coefficient (Wildman–Crippen LogP) is 3.34. The summed E-state index contributed by atoms with van der Waals surface area (Å²) in [4.78, 5) is 30.0. The minimum absolute atomic E-state index is 0.210. The Morgan fingerprint density at radius 1 is 0.964 bits per heavy atom. The summed E-state index contributed by atoms with van der Waals surface area (Å²) in [5, 5.41) is 9.84. The maximum absolute atomic E-state index is 13.5. The van der Waals surface area contributed by atoms with E-state index in [1.807, 2.05) is 73.5 Å². The number of nitriles is 1. The number of carbonyl (C=O) groups is 2. The van der Waals surface area contributed by atoms with Crippen LogP contribution in [0.2, 0.25) is 0 Å². The van der Waals surface area contributed by atoms with Crippen LogP contribution in [-0.2, 0) is 9.59 Å². The molecule has 2 aromatic carbocycles. The summed E-state index contributed by atoms with van der Waals surface area (Å²) in [6.45, 7) is 3.90. The van der Waals surface area contributed by atoms with Crippen molar-refractivity contribution < 1.29 is 9.59 Å². The van der Waals surface area contributed by atoms with Crippen LogP contribution < -0.4 is 4.90 Å². The van der Waals surface area contributed by atoms with Gasteiger partial charge < -0.3 is 4.90 Å². The highest BCUT2D eigenvalue weighted by Gasteiger charge is 2.63. The smallest absolute Gasteiger partial charge is 0.240 e. The third-order valence-corrected chi connectivity index (χ3v) is 6.06. The molecular formula is C23H19N3O2. The van der Waals surface area contributed by atoms with Gasteiger partial charge in [-0.2, -0.15) is 5.26 Å². The van der Waals surface area contributed by atoms with E-state index in [1.54, 1.807) is 0 Å². The molecule has 3 heterocycles. The fraction of sp³-hybridized carbons (Fsp3) is 0.261. The molecule has 0 aromatic heterocycles. The van der Waals surface area contributed by atoms with Crippen LogP contribution in [-0.4, -0.2) is 22.8 Å². The number of fused-ring (bicyclic) bond motifs is 5. The molecule has 2 amide bonds. The van der Waals surface area contributed by atoms with Crippen LogP contribution in [0.5, 0.6) is 0 Å². The van der Waals surface area contributed by atoms with Crippen LogP contribution >= 0.6 is 0 Å². The van der Waals surface area contributed by atoms with Crippen LogP contribution in [0.1, 0.15) is 28.3 Å². The Morgan fingerprint density at radius 3 is 2.36 bits per heavy atom. The number of rotatable bonds is 1. The second-order valence-electron chi connectivity index (χ2n) is 7.82. The molecule has 0 spiro atoms. The Labute approximate surface area is 163 Å². The molecule has 0 N–H and O–H groups in total. The highest BCUT2D eigenvalue weighted by atomic mass is 16.2. The number of nitrogens with zero attached hydrogens (tertiary/aromatic N) is 3. The molecule has 0 saturated carbocycles. The van der Waals surface area contributed by atoms with E-state index < -0.39 is 17.9 Å². The molecule has 28 heavy (non-hydrogen) atoms. The Kier molecular flexibility index (Phi) is 3.47. The number of amides is 2. The minimum Gasteiger partial charge on any atom is -0.353 e. The summed E-state index contributed by atoms with van der Waals surface area (Å²) in [5.41, 5.74) is 4.63. The van der Waals surface area contributed by atoms with Gasteiger partial charge in [0.05, 0.1) is 29.6 Å². The minimum atomic E-state index is -0.654. The topological polar surface area (TPSA) is 64.4 Å². The highest BCUT2D eigenvalue weighted by Crippen LogP contribution is 2.52. The van der Waals surface area contributed by atoms with E-state index in [0.29, 0.717) is 5.69 Å². The van der Waals surface area contributed by atoms with Gasteiger partial charge in [0.1, 0.15) is 6.04 Å². The van der Waals surface area contributed by atoms with E-state index in [2.05, 4.69) is 6.07 Å². The normalized spacial score (nSPS) is 27.5. The van der Waals surface area contributed by atoms with Gasteiger partial charge >= 0.3 is 0 Å². The molecule has 3 aliphatic heterocycles. The predicted molar refractivity (Wildman–Crippen MR) is 105 cm³/mol. The Hall–Kier alpha value is -3.39. The summed E-state index contributed by atoms with van der Waals surface area (Å²) in [5.74, 6) is -1.69. The average molecular weight is 369 g/mol. The number of benzene rings is 2. The van der Waals surface area contributed by atoms with E-state index in [0.717, 1.165) is 22.3 Å². The zero-order valence-electron chi connectivity index (χ0n) is 15.7. The molecule has 5 nitrogen and oxygen atoms in total. The second-order valence-corrected chi connectivity index (χ2v) is 7.82. The molecule has 0 bridgehead atoms. The SMILES string of the molecule is Cc1cc(C)cc(N2C(=O)[C@@H]3[C@H](C2=O)[C@H](C#N)N2C=Cc4ccccc4[C@H]32)c1. The van der Waals surface area contributed by atoms with Crippen molar-refractivity contribution in [2.24, 2.45) is 11.8 Å². The number of carbonyl (C=O) groups excluding carboxylic acids is 2. The molecule has 0 radical (unpaired) electrons. The largest absolute Gasteiger partial charge is 0.353 e. The average Bonchev–Trinajstić information content (AvgIpc) is 3.13. The van der Waals surface area contributed by atoms with Gasteiger partial charge in [0.2, 0.25) is 11.8 Å². The van der Waals surface area contributed by atoms with Crippen molar-refractivity contribution >= 4 is 23.6 Å². The van der Waals surface area contributed by atoms with Crippen molar-refractivity contribution in [2.45, 2.75) is 25.9 Å². The maximum Gasteiger partial charge on any atom is 0.240 e. The van der Waals surface area contributed by atoms with Crippen molar-refractivity contribution in [3.05, 3.63) is 70.9 Å². The van der Waals surface area contributed by atoms with Crippen LogP contribution in [0.4, 0.5) is 5.69 Å². The highest BCUT2D eigenvalue weighted by molar-refractivity contribution is 6.23. The monoisotopic (exact) mass is 369 g/mol. The molecule has 0 unspecified atom stereocenters. The fourth-order valence-corrected chi connectivity index (χ4v) is 5.04. The van der Waals surface area contributed by atoms with Crippen molar-refractivity contribution in [3.8, 4) is 6.07 Å². The van der Waals surface area contributed by atoms with Gasteiger partial charge in [-0.3, -0.25) is 9.59 Å². The van der Waals surface area contributed by atoms with E-state index in [1.165, 1.54) is 4.90 Å². The van der Waals surface area contributed by atoms with Crippen molar-refractivity contribution in [1.29, 1.82) is 5.26 Å². The quantitative estimate of drug-likeness (QED) is 0.723. The molecule has 5 rings (SSSR count). The number of aryl methyl sites for hydroxylation is 2. The lowest BCUT2D eigenvalue weighted by Gasteiger charge is -2.33. The maximum atomic E-state index is 13.5. The van der Waals surface area contributed by atoms with Gasteiger partial charge in [-0.15, -0.1) is 0 Å². The zero-order valence-corrected chi connectivity index (χ0v) is 15.7. The number of hydrogen-bond donors (Lipinski definition) is 0. The lowest BCUT2D eigenvalue weighted by atomic mass is 9.85. The van der Waals surface area contributed by atoms with Crippen molar-refractivity contribution in [2.75, 3.05) is 4.90 Å². The van der Waals surface area contributed by atoms with Gasteiger partial charge in [-0.05, 0) is 54.3 Å². The first-order valence-electron chi connectivity index (χ1n) is 9.41. The molecule has 4 atom stereocenters. The third-order valence-electron chi connectivity index (χ3n) is 6.06. The number of imide groups is 1. The fourth-order valence-electron chi connectivity index (χ4n) is 5.04. The van der Waals surface area contributed by atoms with E-state index in [4.69, 9.17) is 0 Å². The second kappa shape index (κ2) is 5.80. The summed E-state index contributed by atoms with van der Waals surface area (Å²) in [7, 11) is 0. The standard InChI is InChI=1S/C23H19N3O2/c1-13-9-14(2)11-16(10-13)26-22(27)19-18(12-24)25-8-7-15-5-3-4-6-17(15)21(25)20(19)23(26)28/h3-11,18-21H,1-2H3/t18-,19+,20+,21+/m0/s1. The Morgan fingerprint density at radius 2 is 1.64 bits per heavy atom. The third kappa shape index (κ3) is 2.12. The van der Waals surface area contributed by atoms with Gasteiger partial charge in [-0.25, -0.2) is 4.90 Å². The van der Waals surface area contributed by atoms with Gasteiger partial charge in [-0.1, -0.05) is 30.3 Å². The molecular weight excluding hydrogens is 350 g/mol. The van der Waals surface area contributed by atoms with Crippen LogP contribution in [0.15, 0.2) is 48.7 Å². The van der Waals surface area contributed by atoms with Gasteiger partial charge in [0.25, 0.3) is 0 Å². The van der Waals surface area contributed by atoms with E-state index >= 15 is 0 Å². The lowest BCUT2D eigenvalue weighted by molar-refractivity contribution is -0.123. The molecule has 2 fully saturated rings. The summed E-state index contributed by atoms with van der Waals surface area (Å²) in [6.07, 6.45) is 3.81. The molecule has 2 saturated heterocycles. The zero-order chi connectivity index (χ0) is 19.6. The first-order valence-corrected chi connectivity index (χ1v) is 9.41. The Bertz CT molecular complexity index is 1080. The summed E-state index contributed by atoms with van der Waals surface area (Å²) < 4.78 is 0. The van der Waals surface area contributed by atoms with Gasteiger partial charge in [0, 0.05) is 6.20 Å². The molecule has 3 aliphatic rings. The van der Waals surface area contributed by atoms with Crippen LogP contribution in [0.3, 0.4) is 0 Å². The lowest BCUT2D eigenvalue weighted by Crippen LogP contribution is -2.40. The van der Waals surface area contributed by atoms with E-state index in [-0.39, 0.29) is 17.9 Å².